The number of rotatable bonds is 3. The van der Waals surface area contributed by atoms with E-state index in [2.05, 4.69) is 18.0 Å². The zero-order valence-corrected chi connectivity index (χ0v) is 13.7. The van der Waals surface area contributed by atoms with Crippen LogP contribution < -0.4 is 4.74 Å². The largest absolute Gasteiger partial charge is 0.496 e. The summed E-state index contributed by atoms with van der Waals surface area (Å²) in [6, 6.07) is 12.0. The summed E-state index contributed by atoms with van der Waals surface area (Å²) in [7, 11) is 3.79. The van der Waals surface area contributed by atoms with Gasteiger partial charge in [0, 0.05) is 25.2 Å². The Labute approximate surface area is 134 Å². The summed E-state index contributed by atoms with van der Waals surface area (Å²) in [5.74, 6) is 1.01. The smallest absolute Gasteiger partial charge is 0.264 e. The number of nitrogens with zero attached hydrogens (tertiary/aromatic N) is 2. The molecule has 2 heterocycles. The Morgan fingerprint density at radius 1 is 1.23 bits per heavy atom. The van der Waals surface area contributed by atoms with Crippen LogP contribution in [0.5, 0.6) is 5.75 Å². The molecule has 1 saturated heterocycles. The molecule has 1 amide bonds. The van der Waals surface area contributed by atoms with Gasteiger partial charge in [-0.3, -0.25) is 9.69 Å². The molecule has 0 saturated carbocycles. The summed E-state index contributed by atoms with van der Waals surface area (Å²) in [6.07, 6.45) is 0. The fourth-order valence-corrected chi connectivity index (χ4v) is 3.58. The Hall–Kier alpha value is -1.85. The maximum Gasteiger partial charge on any atom is 0.264 e. The lowest BCUT2D eigenvalue weighted by Crippen LogP contribution is -2.48. The molecule has 3 rings (SSSR count). The van der Waals surface area contributed by atoms with Gasteiger partial charge in [0.2, 0.25) is 0 Å². The molecule has 1 atom stereocenters. The van der Waals surface area contributed by atoms with Crippen LogP contribution >= 0.6 is 11.3 Å². The number of carbonyl (C=O) groups excluding carboxylic acids is 1. The number of methoxy groups -OCH3 is 1. The summed E-state index contributed by atoms with van der Waals surface area (Å²) in [6.45, 7) is 2.31. The van der Waals surface area contributed by atoms with E-state index in [1.54, 1.807) is 7.11 Å². The van der Waals surface area contributed by atoms with Crippen molar-refractivity contribution in [2.24, 2.45) is 0 Å². The molecular formula is C17H20N2O2S. The van der Waals surface area contributed by atoms with Crippen LogP contribution in [0.1, 0.15) is 21.3 Å². The van der Waals surface area contributed by atoms with Gasteiger partial charge >= 0.3 is 0 Å². The average Bonchev–Trinajstić information content (AvgIpc) is 3.09. The molecule has 1 aromatic heterocycles. The molecule has 2 aromatic rings. The lowest BCUT2D eigenvalue weighted by atomic mass is 10.0. The molecule has 1 aromatic carbocycles. The highest BCUT2D eigenvalue weighted by Crippen LogP contribution is 2.31. The maximum absolute atomic E-state index is 12.6. The van der Waals surface area contributed by atoms with Crippen molar-refractivity contribution in [1.82, 2.24) is 9.80 Å². The summed E-state index contributed by atoms with van der Waals surface area (Å²) in [4.78, 5) is 17.6. The van der Waals surface area contributed by atoms with Crippen molar-refractivity contribution in [1.29, 1.82) is 0 Å². The Balaban J connectivity index is 1.83. The van der Waals surface area contributed by atoms with Crippen LogP contribution in [0, 0.1) is 0 Å². The number of carbonyl (C=O) groups is 1. The first kappa shape index (κ1) is 15.1. The number of benzene rings is 1. The molecule has 4 nitrogen and oxygen atoms in total. The predicted octanol–water partition coefficient (Wildman–Crippen LogP) is 2.89. The van der Waals surface area contributed by atoms with E-state index in [0.29, 0.717) is 6.54 Å². The molecule has 1 aliphatic rings. The highest BCUT2D eigenvalue weighted by Gasteiger charge is 2.30. The first-order chi connectivity index (χ1) is 10.7. The minimum Gasteiger partial charge on any atom is -0.496 e. The van der Waals surface area contributed by atoms with Crippen molar-refractivity contribution in [2.75, 3.05) is 33.8 Å². The number of ether oxygens (including phenoxy) is 1. The SMILES string of the molecule is COc1ccccc1[C@H]1CN(C(=O)c2cccs2)CCN1C. The lowest BCUT2D eigenvalue weighted by molar-refractivity contribution is 0.0547. The number of thiophene rings is 1. The van der Waals surface area contributed by atoms with E-state index in [1.807, 2.05) is 40.6 Å². The zero-order chi connectivity index (χ0) is 15.5. The summed E-state index contributed by atoms with van der Waals surface area (Å²) >= 11 is 1.50. The van der Waals surface area contributed by atoms with E-state index >= 15 is 0 Å². The summed E-state index contributed by atoms with van der Waals surface area (Å²) in [5.41, 5.74) is 1.14. The van der Waals surface area contributed by atoms with E-state index in [-0.39, 0.29) is 11.9 Å². The molecule has 1 aliphatic heterocycles. The van der Waals surface area contributed by atoms with Gasteiger partial charge in [0.15, 0.2) is 0 Å². The third kappa shape index (κ3) is 2.87. The fraction of sp³-hybridized carbons (Fsp3) is 0.353. The van der Waals surface area contributed by atoms with Crippen LogP contribution in [0.15, 0.2) is 41.8 Å². The molecule has 0 radical (unpaired) electrons. The number of likely N-dealkylation sites (N-methyl/N-ethyl adjacent to an activating group) is 1. The van der Waals surface area contributed by atoms with Gasteiger partial charge in [0.25, 0.3) is 5.91 Å². The predicted molar refractivity (Wildman–Crippen MR) is 88.6 cm³/mol. The zero-order valence-electron chi connectivity index (χ0n) is 12.9. The second-order valence-electron chi connectivity index (χ2n) is 5.47. The van der Waals surface area contributed by atoms with Crippen molar-refractivity contribution in [3.8, 4) is 5.75 Å². The van der Waals surface area contributed by atoms with Crippen LogP contribution in [-0.2, 0) is 0 Å². The van der Waals surface area contributed by atoms with Gasteiger partial charge in [-0.2, -0.15) is 0 Å². The maximum atomic E-state index is 12.6. The third-order valence-corrected chi connectivity index (χ3v) is 5.02. The normalized spacial score (nSPS) is 19.2. The van der Waals surface area contributed by atoms with E-state index in [1.165, 1.54) is 11.3 Å². The minimum atomic E-state index is 0.128. The molecule has 116 valence electrons. The number of piperazine rings is 1. The average molecular weight is 316 g/mol. The molecule has 22 heavy (non-hydrogen) atoms. The second-order valence-corrected chi connectivity index (χ2v) is 6.41. The molecule has 0 N–H and O–H groups in total. The van der Waals surface area contributed by atoms with Crippen LogP contribution in [0.2, 0.25) is 0 Å². The lowest BCUT2D eigenvalue weighted by Gasteiger charge is -2.40. The number of para-hydroxylation sites is 1. The van der Waals surface area contributed by atoms with E-state index in [4.69, 9.17) is 4.74 Å². The van der Waals surface area contributed by atoms with Gasteiger partial charge in [-0.15, -0.1) is 11.3 Å². The van der Waals surface area contributed by atoms with Gasteiger partial charge in [0.1, 0.15) is 5.75 Å². The van der Waals surface area contributed by atoms with Crippen LogP contribution in [0.25, 0.3) is 0 Å². The van der Waals surface area contributed by atoms with Crippen molar-refractivity contribution in [2.45, 2.75) is 6.04 Å². The Kier molecular flexibility index (Phi) is 4.45. The highest BCUT2D eigenvalue weighted by molar-refractivity contribution is 7.12. The van der Waals surface area contributed by atoms with Gasteiger partial charge in [0.05, 0.1) is 18.0 Å². The van der Waals surface area contributed by atoms with Crippen molar-refractivity contribution >= 4 is 17.2 Å². The highest BCUT2D eigenvalue weighted by atomic mass is 32.1. The first-order valence-electron chi connectivity index (χ1n) is 7.36. The minimum absolute atomic E-state index is 0.128. The van der Waals surface area contributed by atoms with Gasteiger partial charge in [-0.05, 0) is 24.6 Å². The molecular weight excluding hydrogens is 296 g/mol. The number of hydrogen-bond acceptors (Lipinski definition) is 4. The second kappa shape index (κ2) is 6.50. The van der Waals surface area contributed by atoms with E-state index in [0.717, 1.165) is 29.3 Å². The molecule has 1 fully saturated rings. The third-order valence-electron chi connectivity index (χ3n) is 4.17. The number of hydrogen-bond donors (Lipinski definition) is 0. The van der Waals surface area contributed by atoms with Crippen LogP contribution in [0.3, 0.4) is 0 Å². The fourth-order valence-electron chi connectivity index (χ4n) is 2.89. The Morgan fingerprint density at radius 3 is 2.77 bits per heavy atom. The first-order valence-corrected chi connectivity index (χ1v) is 8.24. The Bertz CT molecular complexity index is 642. The van der Waals surface area contributed by atoms with Crippen LogP contribution in [-0.4, -0.2) is 49.5 Å². The molecule has 5 heteroatoms. The van der Waals surface area contributed by atoms with E-state index < -0.39 is 0 Å². The van der Waals surface area contributed by atoms with E-state index in [9.17, 15) is 4.79 Å². The molecule has 0 aliphatic carbocycles. The van der Waals surface area contributed by atoms with Crippen molar-refractivity contribution in [3.05, 3.63) is 52.2 Å². The molecule has 0 spiro atoms. The van der Waals surface area contributed by atoms with Crippen molar-refractivity contribution in [3.63, 3.8) is 0 Å². The monoisotopic (exact) mass is 316 g/mol. The van der Waals surface area contributed by atoms with Crippen LogP contribution in [0.4, 0.5) is 0 Å². The topological polar surface area (TPSA) is 32.8 Å². The Morgan fingerprint density at radius 2 is 2.05 bits per heavy atom. The van der Waals surface area contributed by atoms with Gasteiger partial charge in [-0.25, -0.2) is 0 Å². The summed E-state index contributed by atoms with van der Waals surface area (Å²) in [5, 5.41) is 1.95. The molecule has 0 unspecified atom stereocenters. The standard InChI is InChI=1S/C17H20N2O2S/c1-18-9-10-19(17(20)16-8-5-11-22-16)12-14(18)13-6-3-4-7-15(13)21-2/h3-8,11,14H,9-10,12H2,1-2H3/t14-/m1/s1. The molecule has 0 bridgehead atoms. The number of amides is 1. The van der Waals surface area contributed by atoms with Gasteiger partial charge in [-0.1, -0.05) is 24.3 Å². The van der Waals surface area contributed by atoms with Crippen molar-refractivity contribution < 1.29 is 9.53 Å². The quantitative estimate of drug-likeness (QED) is 0.873. The summed E-state index contributed by atoms with van der Waals surface area (Å²) < 4.78 is 5.49. The van der Waals surface area contributed by atoms with Gasteiger partial charge < -0.3 is 9.64 Å².